The zero-order valence-electron chi connectivity index (χ0n) is 25.4. The lowest BCUT2D eigenvalue weighted by atomic mass is 9.99. The SMILES string of the molecule is CCOC(=O)[C@H](Cc1ccc(NC(=O)c2ccncc2)c2ncccc12)NC(=O)c1c(C)cc(N2CCOC[C@@H]2C(F)(F)F)cc1F. The summed E-state index contributed by atoms with van der Waals surface area (Å²) in [6.07, 6.45) is -0.162. The predicted octanol–water partition coefficient (Wildman–Crippen LogP) is 5.00. The predicted molar refractivity (Wildman–Crippen MR) is 165 cm³/mol. The van der Waals surface area contributed by atoms with Crippen LogP contribution in [0.2, 0.25) is 0 Å². The minimum Gasteiger partial charge on any atom is -0.464 e. The molecule has 0 aliphatic carbocycles. The zero-order valence-corrected chi connectivity index (χ0v) is 25.4. The van der Waals surface area contributed by atoms with E-state index >= 15 is 4.39 Å². The van der Waals surface area contributed by atoms with Crippen molar-refractivity contribution in [2.75, 3.05) is 36.6 Å². The molecule has 0 saturated carbocycles. The Hall–Kier alpha value is -5.11. The summed E-state index contributed by atoms with van der Waals surface area (Å²) in [5.74, 6) is -3.14. The van der Waals surface area contributed by atoms with E-state index in [0.717, 1.165) is 11.0 Å². The number of nitrogens with one attached hydrogen (secondary N) is 2. The summed E-state index contributed by atoms with van der Waals surface area (Å²) in [7, 11) is 0. The van der Waals surface area contributed by atoms with Crippen LogP contribution in [0.3, 0.4) is 0 Å². The van der Waals surface area contributed by atoms with Crippen molar-refractivity contribution in [3.05, 3.63) is 95.2 Å². The van der Waals surface area contributed by atoms with E-state index in [4.69, 9.17) is 9.47 Å². The van der Waals surface area contributed by atoms with Crippen LogP contribution in [0.25, 0.3) is 10.9 Å². The Bertz CT molecular complexity index is 1760. The third kappa shape index (κ3) is 7.49. The first-order valence-corrected chi connectivity index (χ1v) is 14.7. The summed E-state index contributed by atoms with van der Waals surface area (Å²) in [5, 5.41) is 5.96. The van der Waals surface area contributed by atoms with Crippen molar-refractivity contribution in [3.63, 3.8) is 0 Å². The van der Waals surface area contributed by atoms with E-state index in [9.17, 15) is 27.6 Å². The van der Waals surface area contributed by atoms with E-state index in [1.165, 1.54) is 25.4 Å². The van der Waals surface area contributed by atoms with Gasteiger partial charge in [-0.2, -0.15) is 13.2 Å². The number of hydrogen-bond donors (Lipinski definition) is 2. The maximum atomic E-state index is 15.5. The van der Waals surface area contributed by atoms with Gasteiger partial charge in [-0.3, -0.25) is 19.6 Å². The Balaban J connectivity index is 1.41. The minimum atomic E-state index is -4.61. The molecule has 0 unspecified atom stereocenters. The van der Waals surface area contributed by atoms with Crippen molar-refractivity contribution in [2.45, 2.75) is 38.5 Å². The first-order chi connectivity index (χ1) is 22.5. The molecule has 2 aromatic heterocycles. The number of halogens is 4. The summed E-state index contributed by atoms with van der Waals surface area (Å²) in [5.41, 5.74) is 1.43. The lowest BCUT2D eigenvalue weighted by Crippen LogP contribution is -2.53. The average Bonchev–Trinajstić information content (AvgIpc) is 3.05. The lowest BCUT2D eigenvalue weighted by molar-refractivity contribution is -0.167. The molecule has 246 valence electrons. The number of fused-ring (bicyclic) bond motifs is 1. The Labute approximate surface area is 267 Å². The molecule has 2 N–H and O–H groups in total. The summed E-state index contributed by atoms with van der Waals surface area (Å²) in [6, 6.07) is 8.78. The highest BCUT2D eigenvalue weighted by Crippen LogP contribution is 2.33. The molecule has 0 bridgehead atoms. The normalized spacial score (nSPS) is 15.6. The van der Waals surface area contributed by atoms with Gasteiger partial charge in [0.05, 0.1) is 36.6 Å². The van der Waals surface area contributed by atoms with Crippen LogP contribution in [-0.4, -0.2) is 72.4 Å². The number of nitrogens with zero attached hydrogens (tertiary/aromatic N) is 3. The molecule has 0 radical (unpaired) electrons. The lowest BCUT2D eigenvalue weighted by Gasteiger charge is -2.38. The molecule has 1 aliphatic heterocycles. The van der Waals surface area contributed by atoms with Crippen molar-refractivity contribution in [2.24, 2.45) is 0 Å². The summed E-state index contributed by atoms with van der Waals surface area (Å²) >= 11 is 0. The Morgan fingerprint density at radius 2 is 1.85 bits per heavy atom. The van der Waals surface area contributed by atoms with Crippen LogP contribution in [0.4, 0.5) is 28.9 Å². The van der Waals surface area contributed by atoms with Gasteiger partial charge in [0, 0.05) is 48.2 Å². The van der Waals surface area contributed by atoms with Gasteiger partial charge in [-0.05, 0) is 61.4 Å². The fourth-order valence-corrected chi connectivity index (χ4v) is 5.46. The van der Waals surface area contributed by atoms with Gasteiger partial charge >= 0.3 is 12.1 Å². The van der Waals surface area contributed by atoms with Crippen LogP contribution in [0.5, 0.6) is 0 Å². The second-order valence-corrected chi connectivity index (χ2v) is 10.8. The highest BCUT2D eigenvalue weighted by molar-refractivity contribution is 6.08. The van der Waals surface area contributed by atoms with Gasteiger partial charge < -0.3 is 25.0 Å². The fourth-order valence-electron chi connectivity index (χ4n) is 5.46. The van der Waals surface area contributed by atoms with Crippen LogP contribution in [0, 0.1) is 12.7 Å². The fraction of sp³-hybridized carbons (Fsp3) is 0.303. The second kappa shape index (κ2) is 14.1. The number of benzene rings is 2. The molecule has 1 saturated heterocycles. The van der Waals surface area contributed by atoms with Crippen molar-refractivity contribution < 1.29 is 41.4 Å². The van der Waals surface area contributed by atoms with E-state index in [2.05, 4.69) is 20.6 Å². The van der Waals surface area contributed by atoms with E-state index in [-0.39, 0.29) is 43.3 Å². The molecule has 5 rings (SSSR count). The van der Waals surface area contributed by atoms with E-state index in [1.54, 1.807) is 49.5 Å². The highest BCUT2D eigenvalue weighted by atomic mass is 19.4. The van der Waals surface area contributed by atoms with Gasteiger partial charge in [-0.1, -0.05) is 12.1 Å². The van der Waals surface area contributed by atoms with Crippen LogP contribution in [0.15, 0.2) is 67.1 Å². The number of rotatable bonds is 9. The molecule has 2 atom stereocenters. The smallest absolute Gasteiger partial charge is 0.411 e. The number of alkyl halides is 3. The molecular formula is C33H31F4N5O5. The van der Waals surface area contributed by atoms with Crippen molar-refractivity contribution in [1.82, 2.24) is 15.3 Å². The van der Waals surface area contributed by atoms with E-state index in [0.29, 0.717) is 27.7 Å². The number of ether oxygens (including phenoxy) is 2. The van der Waals surface area contributed by atoms with Gasteiger partial charge in [0.2, 0.25) is 0 Å². The average molecular weight is 654 g/mol. The Kier molecular flexibility index (Phi) is 9.99. The van der Waals surface area contributed by atoms with E-state index in [1.807, 2.05) is 0 Å². The molecule has 3 heterocycles. The van der Waals surface area contributed by atoms with Crippen molar-refractivity contribution in [3.8, 4) is 0 Å². The van der Waals surface area contributed by atoms with Crippen LogP contribution in [0.1, 0.15) is 38.8 Å². The third-order valence-corrected chi connectivity index (χ3v) is 7.69. The Morgan fingerprint density at radius 1 is 1.09 bits per heavy atom. The molecule has 1 fully saturated rings. The number of hydrogen-bond acceptors (Lipinski definition) is 8. The number of aryl methyl sites for hydroxylation is 1. The molecule has 1 aliphatic rings. The summed E-state index contributed by atoms with van der Waals surface area (Å²) in [4.78, 5) is 48.6. The van der Waals surface area contributed by atoms with Gasteiger partial charge in [-0.25, -0.2) is 9.18 Å². The standard InChI is InChI=1S/C33H31F4N5O5/c1-3-47-32(45)26(16-21-6-7-25(29-23(21)5-4-10-39-29)40-30(43)20-8-11-38-12-9-20)41-31(44)28-19(2)15-22(17-24(28)34)42-13-14-46-18-27(42)33(35,36)37/h4-12,15,17,26-27H,3,13-14,16,18H2,1-2H3,(H,40,43)(H,41,44)/t26-,27+/m0/s1. The van der Waals surface area contributed by atoms with Crippen molar-refractivity contribution >= 4 is 40.1 Å². The number of pyridine rings is 2. The third-order valence-electron chi connectivity index (χ3n) is 7.69. The minimum absolute atomic E-state index is 0.00941. The van der Waals surface area contributed by atoms with Gasteiger partial charge in [0.25, 0.3) is 11.8 Å². The molecule has 4 aromatic rings. The Morgan fingerprint density at radius 3 is 2.55 bits per heavy atom. The summed E-state index contributed by atoms with van der Waals surface area (Å²) < 4.78 is 66.6. The number of anilines is 2. The molecule has 2 amide bonds. The van der Waals surface area contributed by atoms with E-state index < -0.39 is 48.1 Å². The number of morpholine rings is 1. The number of amides is 2. The maximum absolute atomic E-state index is 15.5. The second-order valence-electron chi connectivity index (χ2n) is 10.8. The monoisotopic (exact) mass is 653 g/mol. The molecule has 47 heavy (non-hydrogen) atoms. The van der Waals surface area contributed by atoms with Crippen LogP contribution < -0.4 is 15.5 Å². The molecule has 14 heteroatoms. The molecule has 10 nitrogen and oxygen atoms in total. The molecular weight excluding hydrogens is 622 g/mol. The first kappa shape index (κ1) is 33.3. The van der Waals surface area contributed by atoms with Crippen molar-refractivity contribution in [1.29, 1.82) is 0 Å². The maximum Gasteiger partial charge on any atom is 0.411 e. The number of aromatic nitrogens is 2. The van der Waals surface area contributed by atoms with Crippen LogP contribution in [-0.2, 0) is 20.7 Å². The number of carbonyl (C=O) groups is 3. The topological polar surface area (TPSA) is 123 Å². The molecule has 2 aromatic carbocycles. The number of esters is 1. The number of carbonyl (C=O) groups excluding carboxylic acids is 3. The zero-order chi connectivity index (χ0) is 33.7. The molecule has 0 spiro atoms. The van der Waals surface area contributed by atoms with Crippen LogP contribution >= 0.6 is 0 Å². The quantitative estimate of drug-likeness (QED) is 0.191. The summed E-state index contributed by atoms with van der Waals surface area (Å²) in [6.45, 7) is 2.32. The largest absolute Gasteiger partial charge is 0.464 e. The van der Waals surface area contributed by atoms with Gasteiger partial charge in [0.15, 0.2) is 0 Å². The highest BCUT2D eigenvalue weighted by Gasteiger charge is 2.45. The first-order valence-electron chi connectivity index (χ1n) is 14.7. The van der Waals surface area contributed by atoms with Gasteiger partial charge in [0.1, 0.15) is 17.9 Å². The van der Waals surface area contributed by atoms with Gasteiger partial charge in [-0.15, -0.1) is 0 Å².